The normalized spacial score (nSPS) is 12.1. The van der Waals surface area contributed by atoms with Crippen molar-refractivity contribution >= 4 is 55.8 Å². The molecule has 2 rings (SSSR count). The average Bonchev–Trinajstić information content (AvgIpc) is 2.52. The van der Waals surface area contributed by atoms with Crippen LogP contribution in [-0.2, 0) is 21.0 Å². The number of carbonyl (C=O) groups is 1. The highest BCUT2D eigenvalue weighted by atomic mass is 35.5. The Morgan fingerprint density at radius 1 is 1.04 bits per heavy atom. The van der Waals surface area contributed by atoms with Gasteiger partial charge in [-0.15, -0.1) is 0 Å². The Balaban J connectivity index is 2.65. The summed E-state index contributed by atoms with van der Waals surface area (Å²) in [5.41, 5.74) is -1.65. The van der Waals surface area contributed by atoms with Gasteiger partial charge in [-0.25, -0.2) is 8.42 Å². The molecule has 0 aromatic heterocycles. The van der Waals surface area contributed by atoms with Crippen LogP contribution in [0.2, 0.25) is 10.0 Å². The lowest BCUT2D eigenvalue weighted by molar-refractivity contribution is -0.137. The average molecular weight is 447 g/mol. The Labute approximate surface area is 162 Å². The lowest BCUT2D eigenvalue weighted by atomic mass is 10.2. The molecule has 2 aromatic rings. The van der Waals surface area contributed by atoms with Crippen LogP contribution in [0.4, 0.5) is 18.9 Å². The number of benzene rings is 2. The molecule has 0 N–H and O–H groups in total. The van der Waals surface area contributed by atoms with Crippen LogP contribution in [0.15, 0.2) is 47.4 Å². The maximum atomic E-state index is 13.0. The van der Waals surface area contributed by atoms with Crippen LogP contribution < -0.4 is 4.31 Å². The molecule has 0 saturated carbocycles. The van der Waals surface area contributed by atoms with E-state index in [1.807, 2.05) is 0 Å². The largest absolute Gasteiger partial charge is 0.416 e. The zero-order valence-electron chi connectivity index (χ0n) is 12.6. The second-order valence-electron chi connectivity index (χ2n) is 4.98. The zero-order chi connectivity index (χ0) is 19.7. The van der Waals surface area contributed by atoms with Crippen molar-refractivity contribution in [1.82, 2.24) is 0 Å². The summed E-state index contributed by atoms with van der Waals surface area (Å²) in [5.74, 6) is 0. The maximum absolute atomic E-state index is 13.0. The van der Waals surface area contributed by atoms with Crippen LogP contribution in [0.1, 0.15) is 5.56 Å². The Bertz CT molecular complexity index is 931. The minimum Gasteiger partial charge on any atom is -0.279 e. The molecular weight excluding hydrogens is 438 g/mol. The standard InChI is InChI=1S/C15H9Cl3F3NO3S/c16-10-2-4-11(5-3-10)26(24,25)22(8-14(18)23)13-7-9(15(19,20)21)1-6-12(13)17/h1-7H,8H2. The van der Waals surface area contributed by atoms with Crippen molar-refractivity contribution in [2.45, 2.75) is 11.1 Å². The predicted octanol–water partition coefficient (Wildman–Crippen LogP) is 4.97. The molecule has 0 aliphatic carbocycles. The molecule has 140 valence electrons. The van der Waals surface area contributed by atoms with E-state index in [2.05, 4.69) is 0 Å². The number of nitrogens with zero attached hydrogens (tertiary/aromatic N) is 1. The molecule has 0 aliphatic heterocycles. The number of sulfonamides is 1. The van der Waals surface area contributed by atoms with Crippen molar-refractivity contribution in [3.63, 3.8) is 0 Å². The van der Waals surface area contributed by atoms with Gasteiger partial charge in [0.05, 0.1) is 21.2 Å². The monoisotopic (exact) mass is 445 g/mol. The van der Waals surface area contributed by atoms with E-state index in [-0.39, 0.29) is 14.9 Å². The third-order valence-corrected chi connectivity index (χ3v) is 5.68. The molecule has 26 heavy (non-hydrogen) atoms. The second-order valence-corrected chi connectivity index (χ2v) is 8.11. The van der Waals surface area contributed by atoms with Crippen molar-refractivity contribution in [2.75, 3.05) is 10.8 Å². The molecule has 4 nitrogen and oxygen atoms in total. The summed E-state index contributed by atoms with van der Waals surface area (Å²) in [7, 11) is -4.43. The van der Waals surface area contributed by atoms with Gasteiger partial charge in [0.1, 0.15) is 6.54 Å². The van der Waals surface area contributed by atoms with Crippen LogP contribution in [0, 0.1) is 0 Å². The van der Waals surface area contributed by atoms with Gasteiger partial charge in [0.25, 0.3) is 10.0 Å². The van der Waals surface area contributed by atoms with E-state index in [1.165, 1.54) is 12.1 Å². The van der Waals surface area contributed by atoms with E-state index in [9.17, 15) is 26.4 Å². The fourth-order valence-corrected chi connectivity index (χ4v) is 4.04. The van der Waals surface area contributed by atoms with E-state index in [0.29, 0.717) is 16.4 Å². The van der Waals surface area contributed by atoms with E-state index >= 15 is 0 Å². The summed E-state index contributed by atoms with van der Waals surface area (Å²) < 4.78 is 65.0. The van der Waals surface area contributed by atoms with Crippen molar-refractivity contribution in [1.29, 1.82) is 0 Å². The lowest BCUT2D eigenvalue weighted by Gasteiger charge is -2.24. The molecular formula is C15H9Cl3F3NO3S. The van der Waals surface area contributed by atoms with Crippen molar-refractivity contribution < 1.29 is 26.4 Å². The third kappa shape index (κ3) is 4.62. The smallest absolute Gasteiger partial charge is 0.279 e. The molecule has 0 radical (unpaired) electrons. The van der Waals surface area contributed by atoms with Gasteiger partial charge in [-0.3, -0.25) is 9.10 Å². The first-order valence-electron chi connectivity index (χ1n) is 6.76. The van der Waals surface area contributed by atoms with Gasteiger partial charge in [0, 0.05) is 5.02 Å². The van der Waals surface area contributed by atoms with E-state index in [1.54, 1.807) is 0 Å². The van der Waals surface area contributed by atoms with Crippen LogP contribution in [-0.4, -0.2) is 20.2 Å². The molecule has 11 heteroatoms. The Hall–Kier alpha value is -1.48. The highest BCUT2D eigenvalue weighted by molar-refractivity contribution is 7.92. The van der Waals surface area contributed by atoms with Crippen LogP contribution in [0.5, 0.6) is 0 Å². The Morgan fingerprint density at radius 3 is 2.12 bits per heavy atom. The minimum atomic E-state index is -4.74. The number of halogens is 6. The summed E-state index contributed by atoms with van der Waals surface area (Å²) in [4.78, 5) is 11.0. The summed E-state index contributed by atoms with van der Waals surface area (Å²) in [6.45, 7) is -0.909. The van der Waals surface area contributed by atoms with Crippen LogP contribution >= 0.6 is 34.8 Å². The summed E-state index contributed by atoms with van der Waals surface area (Å²) >= 11 is 16.9. The molecule has 2 aromatic carbocycles. The first kappa shape index (κ1) is 20.8. The number of rotatable bonds is 5. The molecule has 0 fully saturated rings. The summed E-state index contributed by atoms with van der Waals surface area (Å²) in [6.07, 6.45) is -4.74. The van der Waals surface area contributed by atoms with Crippen LogP contribution in [0.25, 0.3) is 0 Å². The second kappa shape index (κ2) is 7.64. The maximum Gasteiger partial charge on any atom is 0.416 e. The SMILES string of the molecule is O=C(Cl)CN(c1cc(C(F)(F)F)ccc1Cl)S(=O)(=O)c1ccc(Cl)cc1. The van der Waals surface area contributed by atoms with Crippen molar-refractivity contribution in [2.24, 2.45) is 0 Å². The van der Waals surface area contributed by atoms with Gasteiger partial charge < -0.3 is 0 Å². The Kier molecular flexibility index (Phi) is 6.12. The van der Waals surface area contributed by atoms with Crippen LogP contribution in [0.3, 0.4) is 0 Å². The van der Waals surface area contributed by atoms with E-state index in [0.717, 1.165) is 18.2 Å². The lowest BCUT2D eigenvalue weighted by Crippen LogP contribution is -2.35. The molecule has 0 unspecified atom stereocenters. The number of anilines is 1. The van der Waals surface area contributed by atoms with Gasteiger partial charge in [-0.2, -0.15) is 13.2 Å². The molecule has 0 spiro atoms. The number of alkyl halides is 3. The number of carbonyl (C=O) groups excluding carboxylic acids is 1. The minimum absolute atomic E-state index is 0.251. The summed E-state index contributed by atoms with van der Waals surface area (Å²) in [5, 5.41) is -1.15. The summed E-state index contributed by atoms with van der Waals surface area (Å²) in [6, 6.07) is 6.97. The molecule has 0 bridgehead atoms. The fraction of sp³-hybridized carbons (Fsp3) is 0.133. The molecule has 0 aliphatic rings. The quantitative estimate of drug-likeness (QED) is 0.609. The van der Waals surface area contributed by atoms with Crippen molar-refractivity contribution in [3.05, 3.63) is 58.1 Å². The number of hydrogen-bond acceptors (Lipinski definition) is 3. The highest BCUT2D eigenvalue weighted by Gasteiger charge is 2.34. The topological polar surface area (TPSA) is 54.5 Å². The predicted molar refractivity (Wildman–Crippen MR) is 93.3 cm³/mol. The fourth-order valence-electron chi connectivity index (χ4n) is 2.03. The van der Waals surface area contributed by atoms with Gasteiger partial charge in [0.2, 0.25) is 5.24 Å². The van der Waals surface area contributed by atoms with Gasteiger partial charge >= 0.3 is 6.18 Å². The number of hydrogen-bond donors (Lipinski definition) is 0. The van der Waals surface area contributed by atoms with Gasteiger partial charge in [0.15, 0.2) is 0 Å². The van der Waals surface area contributed by atoms with Gasteiger partial charge in [-0.05, 0) is 54.1 Å². The highest BCUT2D eigenvalue weighted by Crippen LogP contribution is 2.37. The molecule has 0 amide bonds. The zero-order valence-corrected chi connectivity index (χ0v) is 15.7. The van der Waals surface area contributed by atoms with E-state index in [4.69, 9.17) is 34.8 Å². The third-order valence-electron chi connectivity index (χ3n) is 3.21. The molecule has 0 saturated heterocycles. The first-order valence-corrected chi connectivity index (χ1v) is 9.33. The molecule has 0 atom stereocenters. The van der Waals surface area contributed by atoms with Crippen molar-refractivity contribution in [3.8, 4) is 0 Å². The van der Waals surface area contributed by atoms with Gasteiger partial charge in [-0.1, -0.05) is 23.2 Å². The Morgan fingerprint density at radius 2 is 1.62 bits per heavy atom. The van der Waals surface area contributed by atoms with E-state index < -0.39 is 39.2 Å². The first-order chi connectivity index (χ1) is 11.9. The molecule has 0 heterocycles.